The number of carbonyl (C=O) groups is 5. The number of carbonyl (C=O) groups excluding carboxylic acids is 5. The number of hydrogen-bond donors (Lipinski definition) is 2. The average molecular weight is 1080 g/mol. The molecule has 1 aliphatic carbocycles. The molecular formula is C61H75ClN8O8. The van der Waals surface area contributed by atoms with Crippen molar-refractivity contribution in [3.05, 3.63) is 136 Å². The summed E-state index contributed by atoms with van der Waals surface area (Å²) in [5.41, 5.74) is 5.69. The van der Waals surface area contributed by atoms with E-state index in [9.17, 15) is 14.4 Å². The maximum atomic E-state index is 15.4. The third-order valence-corrected chi connectivity index (χ3v) is 16.7. The Bertz CT molecular complexity index is 2900. The minimum absolute atomic E-state index is 0.0400. The van der Waals surface area contributed by atoms with Gasteiger partial charge < -0.3 is 44.1 Å². The molecule has 2 N–H and O–H groups in total. The standard InChI is InChI=1S/C61H75ClN8O8/c1-7-41-17-20-45(54(29-41)78-49-25-21-44(22-26-49)53-32-63-55(67(53)4)34-69-36-61(37-69)38-77-39-61)33-70-40(2)58(73)65-51(35-76-6)60(75)66(3)48(28-43-18-23-47(62)24-19-43)31-56(71)64-50-15-11-12-16-52(50)68(5)59(74)46(30-57(70)72)27-42-13-9-8-10-14-42/h8-10,13-14,17-26,29,32,40,46,48,50-52H,7,11-12,15-16,27-28,30-31,33-39H2,1-6H3,(H,64,71)(H,65,73)/t40-,46+,48-,50-,51-,52-/m0/s1. The van der Waals surface area contributed by atoms with Gasteiger partial charge in [-0.25, -0.2) is 4.98 Å². The molecule has 17 heteroatoms. The Labute approximate surface area is 463 Å². The Balaban J connectivity index is 1.03. The Morgan fingerprint density at radius 2 is 1.49 bits per heavy atom. The summed E-state index contributed by atoms with van der Waals surface area (Å²) in [7, 11) is 6.89. The molecule has 1 saturated carbocycles. The Hall–Kier alpha value is -6.59. The van der Waals surface area contributed by atoms with Crippen molar-refractivity contribution in [2.24, 2.45) is 18.4 Å². The predicted molar refractivity (Wildman–Crippen MR) is 298 cm³/mol. The fourth-order valence-electron chi connectivity index (χ4n) is 11.7. The van der Waals surface area contributed by atoms with E-state index in [-0.39, 0.29) is 56.3 Å². The molecule has 4 aromatic carbocycles. The Kier molecular flexibility index (Phi) is 18.0. The van der Waals surface area contributed by atoms with E-state index in [0.29, 0.717) is 46.8 Å². The summed E-state index contributed by atoms with van der Waals surface area (Å²) in [6.07, 6.45) is 6.00. The van der Waals surface area contributed by atoms with E-state index in [0.717, 1.165) is 85.9 Å². The molecule has 5 amide bonds. The van der Waals surface area contributed by atoms with Gasteiger partial charge in [0, 0.05) is 87.8 Å². The van der Waals surface area contributed by atoms with E-state index in [1.165, 1.54) is 16.9 Å². The van der Waals surface area contributed by atoms with E-state index in [4.69, 9.17) is 30.8 Å². The molecule has 414 valence electrons. The van der Waals surface area contributed by atoms with Gasteiger partial charge in [0.15, 0.2) is 0 Å². The number of fused-ring (bicyclic) bond motifs is 1. The summed E-state index contributed by atoms with van der Waals surface area (Å²) in [6, 6.07) is 26.9. The maximum Gasteiger partial charge on any atom is 0.247 e. The van der Waals surface area contributed by atoms with Crippen LogP contribution in [-0.4, -0.2) is 143 Å². The van der Waals surface area contributed by atoms with Gasteiger partial charge in [-0.3, -0.25) is 28.9 Å². The lowest BCUT2D eigenvalue weighted by Gasteiger charge is -2.55. The number of likely N-dealkylation sites (N-methyl/N-ethyl adjacent to an activating group) is 2. The molecule has 0 bridgehead atoms. The summed E-state index contributed by atoms with van der Waals surface area (Å²) >= 11 is 6.26. The SMILES string of the molecule is CCc1ccc(CN2C(=O)C[C@@H](Cc3ccccc3)C(=O)N(C)[C@H]3CCCC[C@@H]3NC(=O)C[C@H](Cc3ccc(Cl)cc3)N(C)C(=O)[C@H](COC)NC(=O)[C@@H]2C)c(Oc2ccc(-c3cnc(CN4CC5(COC5)C4)n3C)cc2)c1. The van der Waals surface area contributed by atoms with Gasteiger partial charge in [0.1, 0.15) is 29.4 Å². The van der Waals surface area contributed by atoms with Crippen LogP contribution in [0.2, 0.25) is 5.02 Å². The number of methoxy groups -OCH3 is 1. The zero-order valence-corrected chi connectivity index (χ0v) is 46.7. The van der Waals surface area contributed by atoms with Crippen molar-refractivity contribution in [2.75, 3.05) is 54.1 Å². The summed E-state index contributed by atoms with van der Waals surface area (Å²) in [5, 5.41) is 6.75. The molecule has 0 unspecified atom stereocenters. The van der Waals surface area contributed by atoms with Crippen LogP contribution in [0.15, 0.2) is 103 Å². The monoisotopic (exact) mass is 1080 g/mol. The van der Waals surface area contributed by atoms with Gasteiger partial charge in [-0.2, -0.15) is 0 Å². The highest BCUT2D eigenvalue weighted by Crippen LogP contribution is 2.39. The summed E-state index contributed by atoms with van der Waals surface area (Å²) in [5.74, 6) is -0.718. The molecule has 4 aliphatic rings. The van der Waals surface area contributed by atoms with Gasteiger partial charge in [-0.05, 0) is 98.2 Å². The molecular weight excluding hydrogens is 1010 g/mol. The van der Waals surface area contributed by atoms with Gasteiger partial charge in [0.25, 0.3) is 0 Å². The molecule has 4 heterocycles. The summed E-state index contributed by atoms with van der Waals surface area (Å²) < 4.78 is 19.9. The zero-order valence-electron chi connectivity index (χ0n) is 45.9. The molecule has 6 atom stereocenters. The van der Waals surface area contributed by atoms with Crippen LogP contribution in [0.4, 0.5) is 0 Å². The number of nitrogens with one attached hydrogen (secondary N) is 2. The van der Waals surface area contributed by atoms with Gasteiger partial charge >= 0.3 is 0 Å². The number of nitrogens with zero attached hydrogens (tertiary/aromatic N) is 6. The first-order chi connectivity index (χ1) is 37.6. The van der Waals surface area contributed by atoms with Crippen molar-refractivity contribution >= 4 is 41.1 Å². The van der Waals surface area contributed by atoms with Gasteiger partial charge in [0.05, 0.1) is 56.8 Å². The average Bonchev–Trinajstić information content (AvgIpc) is 3.84. The maximum absolute atomic E-state index is 15.4. The second-order valence-electron chi connectivity index (χ2n) is 22.1. The minimum Gasteiger partial charge on any atom is -0.457 e. The Morgan fingerprint density at radius 1 is 0.782 bits per heavy atom. The Morgan fingerprint density at radius 3 is 2.18 bits per heavy atom. The van der Waals surface area contributed by atoms with Gasteiger partial charge in [0.2, 0.25) is 29.5 Å². The van der Waals surface area contributed by atoms with E-state index in [1.54, 1.807) is 38.1 Å². The normalized spacial score (nSPS) is 23.7. The van der Waals surface area contributed by atoms with Crippen LogP contribution in [0.1, 0.15) is 80.5 Å². The number of aromatic nitrogens is 2. The highest BCUT2D eigenvalue weighted by atomic mass is 35.5. The fraction of sp³-hybridized carbons (Fsp3) is 0.475. The second kappa shape index (κ2) is 25.0. The minimum atomic E-state index is -1.18. The van der Waals surface area contributed by atoms with Crippen LogP contribution >= 0.6 is 11.6 Å². The van der Waals surface area contributed by atoms with Crippen LogP contribution in [0.25, 0.3) is 11.3 Å². The van der Waals surface area contributed by atoms with Crippen LogP contribution in [0, 0.1) is 11.3 Å². The van der Waals surface area contributed by atoms with Gasteiger partial charge in [-0.15, -0.1) is 0 Å². The molecule has 5 aromatic rings. The van der Waals surface area contributed by atoms with Crippen LogP contribution in [0.5, 0.6) is 11.5 Å². The zero-order chi connectivity index (χ0) is 55.1. The molecule has 3 saturated heterocycles. The lowest BCUT2D eigenvalue weighted by Crippen LogP contribution is -2.65. The number of halogens is 1. The second-order valence-corrected chi connectivity index (χ2v) is 22.5. The quantitative estimate of drug-likeness (QED) is 0.115. The van der Waals surface area contributed by atoms with Crippen molar-refractivity contribution in [1.82, 2.24) is 39.8 Å². The molecule has 9 rings (SSSR count). The van der Waals surface area contributed by atoms with E-state index < -0.39 is 41.8 Å². The van der Waals surface area contributed by atoms with Crippen molar-refractivity contribution in [1.29, 1.82) is 0 Å². The highest BCUT2D eigenvalue weighted by Gasteiger charge is 2.49. The van der Waals surface area contributed by atoms with Gasteiger partial charge in [-0.1, -0.05) is 86.0 Å². The number of likely N-dealkylation sites (tertiary alicyclic amines) is 1. The van der Waals surface area contributed by atoms with E-state index in [2.05, 4.69) is 27.0 Å². The third-order valence-electron chi connectivity index (χ3n) is 16.5. The summed E-state index contributed by atoms with van der Waals surface area (Å²) in [6.45, 7) is 7.96. The number of hydrogen-bond acceptors (Lipinski definition) is 10. The van der Waals surface area contributed by atoms with E-state index in [1.807, 2.05) is 98.2 Å². The smallest absolute Gasteiger partial charge is 0.247 e. The number of aryl methyl sites for hydroxylation is 1. The first-order valence-electron chi connectivity index (χ1n) is 27.5. The highest BCUT2D eigenvalue weighted by molar-refractivity contribution is 6.30. The van der Waals surface area contributed by atoms with Crippen LogP contribution < -0.4 is 15.4 Å². The van der Waals surface area contributed by atoms with Crippen molar-refractivity contribution in [3.8, 4) is 22.8 Å². The lowest BCUT2D eigenvalue weighted by molar-refractivity contribution is -0.191. The molecule has 16 nitrogen and oxygen atoms in total. The fourth-order valence-corrected chi connectivity index (χ4v) is 11.9. The lowest BCUT2D eigenvalue weighted by atomic mass is 9.78. The number of ether oxygens (including phenoxy) is 3. The molecule has 78 heavy (non-hydrogen) atoms. The number of imidazole rings is 1. The molecule has 1 aromatic heterocycles. The first-order valence-corrected chi connectivity index (χ1v) is 27.9. The van der Waals surface area contributed by atoms with Crippen molar-refractivity contribution in [3.63, 3.8) is 0 Å². The molecule has 0 radical (unpaired) electrons. The molecule has 4 fully saturated rings. The number of rotatable bonds is 14. The van der Waals surface area contributed by atoms with Crippen LogP contribution in [-0.2, 0) is 72.8 Å². The number of benzene rings is 4. The first kappa shape index (κ1) is 56.1. The predicted octanol–water partition coefficient (Wildman–Crippen LogP) is 7.38. The van der Waals surface area contributed by atoms with E-state index >= 15 is 9.59 Å². The van der Waals surface area contributed by atoms with Crippen LogP contribution in [0.3, 0.4) is 0 Å². The number of amides is 5. The van der Waals surface area contributed by atoms with Crippen molar-refractivity contribution in [2.45, 2.75) is 115 Å². The summed E-state index contributed by atoms with van der Waals surface area (Å²) in [4.78, 5) is 86.2. The van der Waals surface area contributed by atoms with Crippen molar-refractivity contribution < 1.29 is 38.2 Å². The third kappa shape index (κ3) is 13.1. The molecule has 3 aliphatic heterocycles. The molecule has 1 spiro atoms. The largest absolute Gasteiger partial charge is 0.457 e. The topological polar surface area (TPSA) is 168 Å².